The van der Waals surface area contributed by atoms with Crippen LogP contribution >= 0.6 is 0 Å². The third-order valence-corrected chi connectivity index (χ3v) is 2.20. The fourth-order valence-corrected chi connectivity index (χ4v) is 1.37. The van der Waals surface area contributed by atoms with E-state index in [2.05, 4.69) is 0 Å². The van der Waals surface area contributed by atoms with Gasteiger partial charge in [0, 0.05) is 0 Å². The summed E-state index contributed by atoms with van der Waals surface area (Å²) in [4.78, 5) is 10.2. The van der Waals surface area contributed by atoms with E-state index in [0.29, 0.717) is 12.0 Å². The number of rotatable bonds is 2. The summed E-state index contributed by atoms with van der Waals surface area (Å²) in [5.74, 6) is -6.40. The van der Waals surface area contributed by atoms with Gasteiger partial charge in [-0.2, -0.15) is 8.78 Å². The Morgan fingerprint density at radius 2 is 2.23 bits per heavy atom. The Morgan fingerprint density at radius 1 is 1.69 bits per heavy atom. The first-order valence-electron chi connectivity index (χ1n) is 3.81. The molecule has 1 unspecified atom stereocenters. The summed E-state index contributed by atoms with van der Waals surface area (Å²) in [5.41, 5.74) is -1.92. The summed E-state index contributed by atoms with van der Waals surface area (Å²) in [6, 6.07) is 0. The van der Waals surface area contributed by atoms with E-state index in [1.807, 2.05) is 0 Å². The third kappa shape index (κ3) is 1.44. The third-order valence-electron chi connectivity index (χ3n) is 2.20. The van der Waals surface area contributed by atoms with Crippen LogP contribution in [0.3, 0.4) is 0 Å². The second-order valence-corrected chi connectivity index (χ2v) is 3.29. The van der Waals surface area contributed by atoms with Gasteiger partial charge in [-0.1, -0.05) is 5.57 Å². The quantitative estimate of drug-likeness (QED) is 0.646. The van der Waals surface area contributed by atoms with Crippen LogP contribution in [0, 0.1) is 0 Å². The van der Waals surface area contributed by atoms with Crippen LogP contribution < -0.4 is 0 Å². The Labute approximate surface area is 73.7 Å². The zero-order chi connectivity index (χ0) is 10.3. The minimum Gasteiger partial charge on any atom is -0.477 e. The van der Waals surface area contributed by atoms with Crippen molar-refractivity contribution in [3.63, 3.8) is 0 Å². The number of hydrogen-bond acceptors (Lipinski definition) is 2. The SMILES string of the molecule is CC1=CC(O)(C(F)(F)C(=O)O)CC1. The minimum atomic E-state index is -4.11. The lowest BCUT2D eigenvalue weighted by atomic mass is 9.95. The summed E-state index contributed by atoms with van der Waals surface area (Å²) in [6.45, 7) is 1.58. The van der Waals surface area contributed by atoms with E-state index in [9.17, 15) is 18.7 Å². The molecule has 0 aromatic carbocycles. The van der Waals surface area contributed by atoms with Crippen molar-refractivity contribution in [2.45, 2.75) is 31.3 Å². The van der Waals surface area contributed by atoms with E-state index >= 15 is 0 Å². The fourth-order valence-electron chi connectivity index (χ4n) is 1.37. The molecule has 0 heterocycles. The normalized spacial score (nSPS) is 28.8. The van der Waals surface area contributed by atoms with Gasteiger partial charge in [0.15, 0.2) is 5.60 Å². The molecule has 0 spiro atoms. The van der Waals surface area contributed by atoms with Gasteiger partial charge in [-0.3, -0.25) is 0 Å². The summed E-state index contributed by atoms with van der Waals surface area (Å²) >= 11 is 0. The molecule has 0 aromatic rings. The lowest BCUT2D eigenvalue weighted by Gasteiger charge is -2.26. The summed E-state index contributed by atoms with van der Waals surface area (Å²) in [7, 11) is 0. The Balaban J connectivity index is 3.00. The minimum absolute atomic E-state index is 0.238. The number of carboxylic acids is 1. The number of carbonyl (C=O) groups is 1. The number of hydrogen-bond donors (Lipinski definition) is 2. The molecule has 0 saturated carbocycles. The molecule has 0 aromatic heterocycles. The van der Waals surface area contributed by atoms with Gasteiger partial charge >= 0.3 is 11.9 Å². The Morgan fingerprint density at radius 3 is 2.54 bits per heavy atom. The van der Waals surface area contributed by atoms with Crippen molar-refractivity contribution >= 4 is 5.97 Å². The zero-order valence-corrected chi connectivity index (χ0v) is 7.05. The maximum absolute atomic E-state index is 12.9. The molecule has 13 heavy (non-hydrogen) atoms. The molecule has 2 N–H and O–H groups in total. The topological polar surface area (TPSA) is 57.5 Å². The highest BCUT2D eigenvalue weighted by atomic mass is 19.3. The molecule has 74 valence electrons. The molecule has 1 aliphatic carbocycles. The molecule has 0 radical (unpaired) electrons. The molecule has 1 aliphatic rings. The highest BCUT2D eigenvalue weighted by Crippen LogP contribution is 2.40. The van der Waals surface area contributed by atoms with Crippen molar-refractivity contribution in [1.29, 1.82) is 0 Å². The van der Waals surface area contributed by atoms with Crippen molar-refractivity contribution in [2.24, 2.45) is 0 Å². The summed E-state index contributed by atoms with van der Waals surface area (Å²) in [6.07, 6.45) is 0.999. The van der Waals surface area contributed by atoms with Gasteiger partial charge in [0.2, 0.25) is 0 Å². The molecule has 0 bridgehead atoms. The van der Waals surface area contributed by atoms with E-state index < -0.39 is 17.5 Å². The van der Waals surface area contributed by atoms with Crippen molar-refractivity contribution in [2.75, 3.05) is 0 Å². The first-order chi connectivity index (χ1) is 5.79. The maximum Gasteiger partial charge on any atom is 0.378 e. The average molecular weight is 192 g/mol. The molecular formula is C8H10F2O3. The van der Waals surface area contributed by atoms with Crippen LogP contribution in [-0.2, 0) is 4.79 Å². The fraction of sp³-hybridized carbons (Fsp3) is 0.625. The predicted octanol–water partition coefficient (Wildman–Crippen LogP) is 1.18. The van der Waals surface area contributed by atoms with E-state index in [4.69, 9.17) is 5.11 Å². The maximum atomic E-state index is 12.9. The van der Waals surface area contributed by atoms with E-state index in [1.54, 1.807) is 6.92 Å². The number of allylic oxidation sites excluding steroid dienone is 1. The molecule has 1 atom stereocenters. The van der Waals surface area contributed by atoms with E-state index in [0.717, 1.165) is 6.08 Å². The molecular weight excluding hydrogens is 182 g/mol. The molecule has 1 rings (SSSR count). The molecule has 0 saturated heterocycles. The average Bonchev–Trinajstić information content (AvgIpc) is 2.32. The van der Waals surface area contributed by atoms with E-state index in [1.165, 1.54) is 0 Å². The van der Waals surface area contributed by atoms with Gasteiger partial charge in [0.25, 0.3) is 0 Å². The van der Waals surface area contributed by atoms with Gasteiger partial charge < -0.3 is 10.2 Å². The highest BCUT2D eigenvalue weighted by Gasteiger charge is 2.58. The Kier molecular flexibility index (Phi) is 2.15. The van der Waals surface area contributed by atoms with Gasteiger partial charge in [-0.15, -0.1) is 0 Å². The van der Waals surface area contributed by atoms with Crippen LogP contribution in [0.2, 0.25) is 0 Å². The number of aliphatic carboxylic acids is 1. The first-order valence-corrected chi connectivity index (χ1v) is 3.81. The molecule has 3 nitrogen and oxygen atoms in total. The van der Waals surface area contributed by atoms with Crippen LogP contribution in [0.1, 0.15) is 19.8 Å². The molecule has 0 aliphatic heterocycles. The van der Waals surface area contributed by atoms with Gasteiger partial charge in [0.1, 0.15) is 0 Å². The Hall–Kier alpha value is -0.970. The lowest BCUT2D eigenvalue weighted by Crippen LogP contribution is -2.50. The van der Waals surface area contributed by atoms with Crippen molar-refractivity contribution in [3.05, 3.63) is 11.6 Å². The summed E-state index contributed by atoms with van der Waals surface area (Å²) in [5, 5.41) is 17.6. The number of aliphatic hydroxyl groups is 1. The van der Waals surface area contributed by atoms with Gasteiger partial charge in [0.05, 0.1) is 0 Å². The van der Waals surface area contributed by atoms with Crippen molar-refractivity contribution in [3.8, 4) is 0 Å². The van der Waals surface area contributed by atoms with Crippen LogP contribution in [0.4, 0.5) is 8.78 Å². The number of carboxylic acid groups (broad SMARTS) is 1. The van der Waals surface area contributed by atoms with Gasteiger partial charge in [-0.25, -0.2) is 4.79 Å². The van der Waals surface area contributed by atoms with Crippen molar-refractivity contribution in [1.82, 2.24) is 0 Å². The molecule has 5 heteroatoms. The predicted molar refractivity (Wildman–Crippen MR) is 40.5 cm³/mol. The van der Waals surface area contributed by atoms with Gasteiger partial charge in [-0.05, 0) is 25.8 Å². The first kappa shape index (κ1) is 10.1. The smallest absolute Gasteiger partial charge is 0.378 e. The summed E-state index contributed by atoms with van der Waals surface area (Å²) < 4.78 is 25.8. The van der Waals surface area contributed by atoms with E-state index in [-0.39, 0.29) is 6.42 Å². The van der Waals surface area contributed by atoms with Crippen LogP contribution in [0.15, 0.2) is 11.6 Å². The lowest BCUT2D eigenvalue weighted by molar-refractivity contribution is -0.196. The number of halogens is 2. The largest absolute Gasteiger partial charge is 0.477 e. The monoisotopic (exact) mass is 192 g/mol. The second kappa shape index (κ2) is 2.77. The van der Waals surface area contributed by atoms with Crippen LogP contribution in [0.5, 0.6) is 0 Å². The van der Waals surface area contributed by atoms with Crippen molar-refractivity contribution < 1.29 is 23.8 Å². The molecule has 0 amide bonds. The highest BCUT2D eigenvalue weighted by molar-refractivity contribution is 5.78. The second-order valence-electron chi connectivity index (χ2n) is 3.29. The molecule has 0 fully saturated rings. The Bertz CT molecular complexity index is 273. The zero-order valence-electron chi connectivity index (χ0n) is 7.05. The van der Waals surface area contributed by atoms with Crippen LogP contribution in [-0.4, -0.2) is 27.7 Å². The van der Waals surface area contributed by atoms with Crippen LogP contribution in [0.25, 0.3) is 0 Å². The standard InChI is InChI=1S/C8H10F2O3/c1-5-2-3-7(13,4-5)8(9,10)6(11)12/h4,13H,2-3H2,1H3,(H,11,12). The number of alkyl halides is 2.